The van der Waals surface area contributed by atoms with Crippen LogP contribution in [0.4, 0.5) is 0 Å². The van der Waals surface area contributed by atoms with Crippen molar-refractivity contribution in [3.8, 4) is 5.75 Å². The van der Waals surface area contributed by atoms with Crippen molar-refractivity contribution in [2.24, 2.45) is 5.73 Å². The van der Waals surface area contributed by atoms with Gasteiger partial charge in [-0.2, -0.15) is 0 Å². The van der Waals surface area contributed by atoms with Gasteiger partial charge in [0.25, 0.3) is 0 Å². The first-order valence-corrected chi connectivity index (χ1v) is 4.20. The molecule has 3 N–H and O–H groups in total. The van der Waals surface area contributed by atoms with Gasteiger partial charge in [-0.1, -0.05) is 24.3 Å². The number of carbonyl (C=O) groups is 1. The van der Waals surface area contributed by atoms with E-state index >= 15 is 0 Å². The summed E-state index contributed by atoms with van der Waals surface area (Å²) in [6.45, 7) is 0. The summed E-state index contributed by atoms with van der Waals surface area (Å²) < 4.78 is 0. The van der Waals surface area contributed by atoms with Gasteiger partial charge < -0.3 is 10.8 Å². The molecule has 3 heteroatoms. The fraction of sp³-hybridized carbons (Fsp3) is 0. The quantitative estimate of drug-likeness (QED) is 0.712. The Hall–Kier alpha value is -2.03. The number of carbonyl (C=O) groups excluding carboxylic acids is 1. The average molecular weight is 187 g/mol. The smallest absolute Gasteiger partial charge is 0.249 e. The van der Waals surface area contributed by atoms with Crippen LogP contribution in [0.2, 0.25) is 0 Å². The van der Waals surface area contributed by atoms with Crippen LogP contribution in [0.3, 0.4) is 0 Å². The predicted octanol–water partition coefficient (Wildman–Crippen LogP) is 1.64. The molecule has 14 heavy (non-hydrogen) atoms. The van der Waals surface area contributed by atoms with Crippen molar-refractivity contribution >= 4 is 16.7 Å². The maximum Gasteiger partial charge on any atom is 0.249 e. The maximum atomic E-state index is 11.1. The molecule has 0 aromatic heterocycles. The second kappa shape index (κ2) is 3.03. The summed E-state index contributed by atoms with van der Waals surface area (Å²) in [6, 6.07) is 10.3. The first kappa shape index (κ1) is 8.56. The van der Waals surface area contributed by atoms with Gasteiger partial charge >= 0.3 is 0 Å². The number of aromatic hydroxyl groups is 1. The zero-order valence-corrected chi connectivity index (χ0v) is 7.40. The van der Waals surface area contributed by atoms with Gasteiger partial charge in [0.1, 0.15) is 5.75 Å². The highest BCUT2D eigenvalue weighted by Crippen LogP contribution is 2.23. The summed E-state index contributed by atoms with van der Waals surface area (Å²) in [7, 11) is 0. The lowest BCUT2D eigenvalue weighted by atomic mass is 10.0. The predicted molar refractivity (Wildman–Crippen MR) is 54.1 cm³/mol. The number of phenols is 1. The molecule has 0 radical (unpaired) electrons. The van der Waals surface area contributed by atoms with E-state index in [1.54, 1.807) is 12.1 Å². The largest absolute Gasteiger partial charge is 0.508 e. The highest BCUT2D eigenvalue weighted by atomic mass is 16.3. The van der Waals surface area contributed by atoms with Gasteiger partial charge in [-0.05, 0) is 22.9 Å². The lowest BCUT2D eigenvalue weighted by Crippen LogP contribution is -2.11. The van der Waals surface area contributed by atoms with Crippen molar-refractivity contribution in [2.75, 3.05) is 0 Å². The molecule has 2 aromatic rings. The molecule has 0 atom stereocenters. The second-order valence-corrected chi connectivity index (χ2v) is 3.08. The van der Waals surface area contributed by atoms with Gasteiger partial charge in [0.15, 0.2) is 0 Å². The number of rotatable bonds is 1. The van der Waals surface area contributed by atoms with Crippen molar-refractivity contribution in [1.82, 2.24) is 0 Å². The summed E-state index contributed by atoms with van der Waals surface area (Å²) in [5, 5.41) is 10.9. The zero-order chi connectivity index (χ0) is 10.1. The minimum Gasteiger partial charge on any atom is -0.508 e. The van der Waals surface area contributed by atoms with Gasteiger partial charge in [-0.25, -0.2) is 0 Å². The Labute approximate surface area is 80.8 Å². The highest BCUT2D eigenvalue weighted by Gasteiger charge is 2.07. The number of benzene rings is 2. The van der Waals surface area contributed by atoms with Crippen LogP contribution in [0.25, 0.3) is 10.8 Å². The van der Waals surface area contributed by atoms with Crippen LogP contribution in [-0.2, 0) is 0 Å². The van der Waals surface area contributed by atoms with E-state index in [9.17, 15) is 9.90 Å². The summed E-state index contributed by atoms with van der Waals surface area (Å²) in [6.07, 6.45) is 0. The molecule has 2 aromatic carbocycles. The summed E-state index contributed by atoms with van der Waals surface area (Å²) >= 11 is 0. The Morgan fingerprint density at radius 2 is 1.93 bits per heavy atom. The molecule has 0 spiro atoms. The average Bonchev–Trinajstić information content (AvgIpc) is 2.16. The van der Waals surface area contributed by atoms with Crippen LogP contribution in [0.5, 0.6) is 5.75 Å². The molecule has 3 nitrogen and oxygen atoms in total. The first-order valence-electron chi connectivity index (χ1n) is 4.20. The molecule has 0 aliphatic heterocycles. The van der Waals surface area contributed by atoms with Crippen LogP contribution in [0, 0.1) is 0 Å². The van der Waals surface area contributed by atoms with E-state index in [2.05, 4.69) is 0 Å². The number of phenolic OH excluding ortho intramolecular Hbond substituents is 1. The van der Waals surface area contributed by atoms with Crippen LogP contribution >= 0.6 is 0 Å². The normalized spacial score (nSPS) is 10.3. The molecule has 0 fully saturated rings. The van der Waals surface area contributed by atoms with E-state index in [0.717, 1.165) is 10.8 Å². The summed E-state index contributed by atoms with van der Waals surface area (Å²) in [5.74, 6) is -0.477. The molecule has 0 saturated heterocycles. The van der Waals surface area contributed by atoms with Gasteiger partial charge in [0, 0.05) is 0 Å². The number of hydrogen-bond acceptors (Lipinski definition) is 2. The van der Waals surface area contributed by atoms with Gasteiger partial charge in [0.2, 0.25) is 5.91 Å². The Bertz CT molecular complexity index is 506. The Morgan fingerprint density at radius 1 is 1.21 bits per heavy atom. The first-order chi connectivity index (χ1) is 6.68. The molecule has 0 bridgehead atoms. The van der Waals surface area contributed by atoms with E-state index in [4.69, 9.17) is 5.73 Å². The zero-order valence-electron chi connectivity index (χ0n) is 7.40. The Balaban J connectivity index is 2.87. The number of fused-ring (bicyclic) bond motifs is 1. The summed E-state index contributed by atoms with van der Waals surface area (Å²) in [4.78, 5) is 11.1. The topological polar surface area (TPSA) is 63.3 Å². The van der Waals surface area contributed by atoms with Crippen molar-refractivity contribution in [3.05, 3.63) is 42.0 Å². The van der Waals surface area contributed by atoms with E-state index in [0.29, 0.717) is 5.56 Å². The molecule has 0 aliphatic carbocycles. The SMILES string of the molecule is NC(=O)c1cc(O)cc2ccccc12. The standard InChI is InChI=1S/C11H9NO2/c12-11(14)10-6-8(13)5-7-3-1-2-4-9(7)10/h1-6,13H,(H2,12,14). The van der Waals surface area contributed by atoms with Crippen molar-refractivity contribution in [2.45, 2.75) is 0 Å². The molecule has 0 heterocycles. The molecule has 0 saturated carbocycles. The van der Waals surface area contributed by atoms with Crippen molar-refractivity contribution in [1.29, 1.82) is 0 Å². The Kier molecular flexibility index (Phi) is 1.85. The molecule has 0 unspecified atom stereocenters. The maximum absolute atomic E-state index is 11.1. The highest BCUT2D eigenvalue weighted by molar-refractivity contribution is 6.06. The minimum atomic E-state index is -0.530. The molecule has 2 rings (SSSR count). The minimum absolute atomic E-state index is 0.0532. The molecule has 1 amide bonds. The molecule has 70 valence electrons. The molecule has 0 aliphatic rings. The van der Waals surface area contributed by atoms with Crippen LogP contribution in [0.1, 0.15) is 10.4 Å². The van der Waals surface area contributed by atoms with E-state index < -0.39 is 5.91 Å². The van der Waals surface area contributed by atoms with Crippen LogP contribution < -0.4 is 5.73 Å². The van der Waals surface area contributed by atoms with Crippen molar-refractivity contribution in [3.63, 3.8) is 0 Å². The Morgan fingerprint density at radius 3 is 2.64 bits per heavy atom. The number of nitrogens with two attached hydrogens (primary N) is 1. The number of hydrogen-bond donors (Lipinski definition) is 2. The fourth-order valence-corrected chi connectivity index (χ4v) is 1.50. The third kappa shape index (κ3) is 1.29. The molecular weight excluding hydrogens is 178 g/mol. The second-order valence-electron chi connectivity index (χ2n) is 3.08. The lowest BCUT2D eigenvalue weighted by Gasteiger charge is -2.03. The summed E-state index contributed by atoms with van der Waals surface area (Å²) in [5.41, 5.74) is 5.55. The molecular formula is C11H9NO2. The number of amides is 1. The van der Waals surface area contributed by atoms with Gasteiger partial charge in [-0.15, -0.1) is 0 Å². The lowest BCUT2D eigenvalue weighted by molar-refractivity contribution is 0.100. The van der Waals surface area contributed by atoms with Crippen molar-refractivity contribution < 1.29 is 9.90 Å². The van der Waals surface area contributed by atoms with E-state index in [1.165, 1.54) is 6.07 Å². The van der Waals surface area contributed by atoms with Gasteiger partial charge in [-0.3, -0.25) is 4.79 Å². The number of primary amides is 1. The van der Waals surface area contributed by atoms with Crippen LogP contribution in [0.15, 0.2) is 36.4 Å². The van der Waals surface area contributed by atoms with Gasteiger partial charge in [0.05, 0.1) is 5.56 Å². The van der Waals surface area contributed by atoms with Crippen LogP contribution in [-0.4, -0.2) is 11.0 Å². The van der Waals surface area contributed by atoms with E-state index in [-0.39, 0.29) is 5.75 Å². The third-order valence-corrected chi connectivity index (χ3v) is 2.11. The van der Waals surface area contributed by atoms with E-state index in [1.807, 2.05) is 18.2 Å². The fourth-order valence-electron chi connectivity index (χ4n) is 1.50. The third-order valence-electron chi connectivity index (χ3n) is 2.11. The monoisotopic (exact) mass is 187 g/mol.